The molecule has 6 nitrogen and oxygen atoms in total. The maximum atomic E-state index is 13.0. The molecule has 0 aliphatic carbocycles. The van der Waals surface area contributed by atoms with Gasteiger partial charge in [-0.05, 0) is 23.4 Å². The van der Waals surface area contributed by atoms with Gasteiger partial charge in [-0.3, -0.25) is 11.3 Å². The number of aromatic nitrogens is 4. The number of tetrazole rings is 1. The van der Waals surface area contributed by atoms with Gasteiger partial charge in [-0.1, -0.05) is 6.07 Å². The lowest BCUT2D eigenvalue weighted by Gasteiger charge is -2.13. The molecule has 2 rings (SSSR count). The van der Waals surface area contributed by atoms with Crippen LogP contribution in [-0.4, -0.2) is 32.0 Å². The second-order valence-electron chi connectivity index (χ2n) is 4.03. The van der Waals surface area contributed by atoms with Gasteiger partial charge >= 0.3 is 0 Å². The third-order valence-corrected chi connectivity index (χ3v) is 3.62. The van der Waals surface area contributed by atoms with Crippen LogP contribution in [0, 0.1) is 5.82 Å². The Kier molecular flexibility index (Phi) is 4.83. The van der Waals surface area contributed by atoms with Crippen molar-refractivity contribution in [3.63, 3.8) is 0 Å². The van der Waals surface area contributed by atoms with E-state index in [9.17, 15) is 4.39 Å². The molecule has 0 aliphatic heterocycles. The van der Waals surface area contributed by atoms with Crippen molar-refractivity contribution in [1.82, 2.24) is 25.6 Å². The molecule has 0 fully saturated rings. The van der Waals surface area contributed by atoms with Gasteiger partial charge in [0.2, 0.25) is 0 Å². The number of hydrazine groups is 1. The van der Waals surface area contributed by atoms with Crippen LogP contribution in [0.3, 0.4) is 0 Å². The van der Waals surface area contributed by atoms with E-state index in [0.29, 0.717) is 18.0 Å². The smallest absolute Gasteiger partial charge is 0.176 e. The SMILES string of the molecule is Cn1nnc(CC(CSc2cccc(F)c2)NN)n1. The third-order valence-electron chi connectivity index (χ3n) is 2.46. The Morgan fingerprint density at radius 2 is 2.37 bits per heavy atom. The first-order valence-electron chi connectivity index (χ1n) is 5.74. The predicted molar refractivity (Wildman–Crippen MR) is 70.7 cm³/mol. The number of thioether (sulfide) groups is 1. The van der Waals surface area contributed by atoms with E-state index in [4.69, 9.17) is 5.84 Å². The van der Waals surface area contributed by atoms with E-state index in [1.165, 1.54) is 28.7 Å². The Hall–Kier alpha value is -1.51. The van der Waals surface area contributed by atoms with Gasteiger partial charge in [-0.25, -0.2) is 4.39 Å². The van der Waals surface area contributed by atoms with E-state index in [0.717, 1.165) is 4.90 Å². The van der Waals surface area contributed by atoms with Crippen LogP contribution in [0.2, 0.25) is 0 Å². The molecule has 0 radical (unpaired) electrons. The lowest BCUT2D eigenvalue weighted by Crippen LogP contribution is -2.39. The van der Waals surface area contributed by atoms with Crippen molar-refractivity contribution >= 4 is 11.8 Å². The molecule has 19 heavy (non-hydrogen) atoms. The fourth-order valence-electron chi connectivity index (χ4n) is 1.54. The van der Waals surface area contributed by atoms with Crippen LogP contribution in [-0.2, 0) is 13.5 Å². The molecule has 0 aliphatic rings. The number of nitrogens with zero attached hydrogens (tertiary/aromatic N) is 4. The number of nitrogens with one attached hydrogen (secondary N) is 1. The van der Waals surface area contributed by atoms with E-state index in [2.05, 4.69) is 20.8 Å². The van der Waals surface area contributed by atoms with Crippen LogP contribution in [0.25, 0.3) is 0 Å². The monoisotopic (exact) mass is 282 g/mol. The highest BCUT2D eigenvalue weighted by Crippen LogP contribution is 2.19. The van der Waals surface area contributed by atoms with Crippen molar-refractivity contribution in [2.24, 2.45) is 12.9 Å². The van der Waals surface area contributed by atoms with E-state index in [1.54, 1.807) is 13.1 Å². The molecule has 0 spiro atoms. The van der Waals surface area contributed by atoms with Crippen LogP contribution >= 0.6 is 11.8 Å². The molecule has 102 valence electrons. The lowest BCUT2D eigenvalue weighted by molar-refractivity contribution is 0.558. The number of rotatable bonds is 6. The summed E-state index contributed by atoms with van der Waals surface area (Å²) < 4.78 is 13.0. The Morgan fingerprint density at radius 1 is 1.53 bits per heavy atom. The maximum absolute atomic E-state index is 13.0. The minimum Gasteiger partial charge on any atom is -0.271 e. The highest BCUT2D eigenvalue weighted by Gasteiger charge is 2.12. The predicted octanol–water partition coefficient (Wildman–Crippen LogP) is 0.516. The number of aryl methyl sites for hydroxylation is 1. The van der Waals surface area contributed by atoms with Gasteiger partial charge < -0.3 is 0 Å². The second-order valence-corrected chi connectivity index (χ2v) is 5.12. The summed E-state index contributed by atoms with van der Waals surface area (Å²) in [5.41, 5.74) is 2.71. The maximum Gasteiger partial charge on any atom is 0.176 e. The van der Waals surface area contributed by atoms with Crippen molar-refractivity contribution < 1.29 is 4.39 Å². The Labute approximate surface area is 114 Å². The third kappa shape index (κ3) is 4.27. The van der Waals surface area contributed by atoms with Crippen LogP contribution < -0.4 is 11.3 Å². The quantitative estimate of drug-likeness (QED) is 0.456. The molecule has 1 heterocycles. The zero-order chi connectivity index (χ0) is 13.7. The molecule has 1 aromatic carbocycles. The Balaban J connectivity index is 1.89. The van der Waals surface area contributed by atoms with Crippen LogP contribution in [0.5, 0.6) is 0 Å². The standard InChI is InChI=1S/C11H15FN6S/c1-18-16-11(15-17-18)6-9(14-13)7-19-10-4-2-3-8(12)5-10/h2-5,9,14H,6-7,13H2,1H3. The van der Waals surface area contributed by atoms with Gasteiger partial charge in [-0.2, -0.15) is 4.80 Å². The summed E-state index contributed by atoms with van der Waals surface area (Å²) >= 11 is 1.53. The number of halogens is 1. The number of nitrogens with two attached hydrogens (primary N) is 1. The van der Waals surface area contributed by atoms with Gasteiger partial charge in [0.25, 0.3) is 0 Å². The summed E-state index contributed by atoms with van der Waals surface area (Å²) in [5, 5.41) is 11.8. The number of benzene rings is 1. The molecule has 0 bridgehead atoms. The minimum absolute atomic E-state index is 0.00235. The summed E-state index contributed by atoms with van der Waals surface area (Å²) in [5.74, 6) is 6.59. The van der Waals surface area contributed by atoms with Gasteiger partial charge in [0.05, 0.1) is 7.05 Å². The van der Waals surface area contributed by atoms with E-state index >= 15 is 0 Å². The first-order valence-corrected chi connectivity index (χ1v) is 6.73. The molecule has 0 saturated carbocycles. The van der Waals surface area contributed by atoms with Crippen molar-refractivity contribution in [3.05, 3.63) is 35.9 Å². The molecule has 1 unspecified atom stereocenters. The van der Waals surface area contributed by atoms with Crippen molar-refractivity contribution in [2.75, 3.05) is 5.75 Å². The largest absolute Gasteiger partial charge is 0.271 e. The lowest BCUT2D eigenvalue weighted by atomic mass is 10.2. The zero-order valence-electron chi connectivity index (χ0n) is 10.5. The molecule has 2 aromatic rings. The fraction of sp³-hybridized carbons (Fsp3) is 0.364. The van der Waals surface area contributed by atoms with Crippen molar-refractivity contribution in [3.8, 4) is 0 Å². The topological polar surface area (TPSA) is 81.7 Å². The molecule has 8 heteroatoms. The number of hydrogen-bond donors (Lipinski definition) is 2. The summed E-state index contributed by atoms with van der Waals surface area (Å²) in [6, 6.07) is 6.47. The average Bonchev–Trinajstić information content (AvgIpc) is 2.80. The molecule has 0 saturated heterocycles. The van der Waals surface area contributed by atoms with Gasteiger partial charge in [0.1, 0.15) is 5.82 Å². The molecule has 0 amide bonds. The highest BCUT2D eigenvalue weighted by atomic mass is 32.2. The number of hydrogen-bond acceptors (Lipinski definition) is 6. The Bertz CT molecular complexity index is 531. The normalized spacial score (nSPS) is 12.6. The van der Waals surface area contributed by atoms with Gasteiger partial charge in [0.15, 0.2) is 5.82 Å². The fourth-order valence-corrected chi connectivity index (χ4v) is 2.52. The van der Waals surface area contributed by atoms with E-state index < -0.39 is 0 Å². The van der Waals surface area contributed by atoms with E-state index in [1.807, 2.05) is 6.07 Å². The van der Waals surface area contributed by atoms with Gasteiger partial charge in [0, 0.05) is 23.1 Å². The van der Waals surface area contributed by atoms with Crippen molar-refractivity contribution in [1.29, 1.82) is 0 Å². The molecular weight excluding hydrogens is 267 g/mol. The highest BCUT2D eigenvalue weighted by molar-refractivity contribution is 7.99. The first-order chi connectivity index (χ1) is 9.17. The van der Waals surface area contributed by atoms with Gasteiger partial charge in [-0.15, -0.1) is 22.0 Å². The molecule has 1 aromatic heterocycles. The summed E-state index contributed by atoms with van der Waals surface area (Å²) in [6.07, 6.45) is 0.576. The van der Waals surface area contributed by atoms with E-state index in [-0.39, 0.29) is 11.9 Å². The van der Waals surface area contributed by atoms with Crippen LogP contribution in [0.15, 0.2) is 29.2 Å². The second kappa shape index (κ2) is 6.60. The summed E-state index contributed by atoms with van der Waals surface area (Å²) in [7, 11) is 1.71. The molecule has 3 N–H and O–H groups in total. The van der Waals surface area contributed by atoms with Crippen molar-refractivity contribution in [2.45, 2.75) is 17.4 Å². The minimum atomic E-state index is -0.238. The average molecular weight is 282 g/mol. The molecule has 1 atom stereocenters. The summed E-state index contributed by atoms with van der Waals surface area (Å²) in [6.45, 7) is 0. The zero-order valence-corrected chi connectivity index (χ0v) is 11.3. The first kappa shape index (κ1) is 13.9. The molecular formula is C11H15FN6S. The Morgan fingerprint density at radius 3 is 3.00 bits per heavy atom. The van der Waals surface area contributed by atoms with Crippen LogP contribution in [0.4, 0.5) is 4.39 Å². The summed E-state index contributed by atoms with van der Waals surface area (Å²) in [4.78, 5) is 2.27. The van der Waals surface area contributed by atoms with Crippen LogP contribution in [0.1, 0.15) is 5.82 Å².